The lowest BCUT2D eigenvalue weighted by Crippen LogP contribution is -2.28. The molecule has 0 aromatic carbocycles. The number of thiazole rings is 1. The van der Waals surface area contributed by atoms with Gasteiger partial charge in [-0.3, -0.25) is 9.59 Å². The van der Waals surface area contributed by atoms with Crippen LogP contribution in [-0.2, 0) is 4.79 Å². The molecular formula is C10H15N3O3S. The van der Waals surface area contributed by atoms with E-state index in [0.29, 0.717) is 23.8 Å². The second-order valence-corrected chi connectivity index (χ2v) is 4.71. The Bertz CT molecular complexity index is 405. The van der Waals surface area contributed by atoms with Crippen LogP contribution in [-0.4, -0.2) is 28.5 Å². The van der Waals surface area contributed by atoms with Crippen LogP contribution in [0.5, 0.6) is 0 Å². The number of nitrogens with zero attached hydrogens (tertiary/aromatic N) is 1. The summed E-state index contributed by atoms with van der Waals surface area (Å²) in [7, 11) is 0. The zero-order valence-electron chi connectivity index (χ0n) is 9.47. The number of carbonyl (C=O) groups excluding carboxylic acids is 1. The first kappa shape index (κ1) is 13.4. The molecule has 1 rings (SSSR count). The van der Waals surface area contributed by atoms with E-state index < -0.39 is 5.97 Å². The third kappa shape index (κ3) is 4.81. The number of amides is 1. The summed E-state index contributed by atoms with van der Waals surface area (Å²) >= 11 is 1.21. The molecule has 1 aromatic heterocycles. The highest BCUT2D eigenvalue weighted by molar-refractivity contribution is 7.13. The molecule has 0 aliphatic carbocycles. The van der Waals surface area contributed by atoms with E-state index in [1.54, 1.807) is 5.38 Å². The van der Waals surface area contributed by atoms with E-state index in [4.69, 9.17) is 10.8 Å². The van der Waals surface area contributed by atoms with Crippen LogP contribution < -0.4 is 11.1 Å². The van der Waals surface area contributed by atoms with Crippen molar-refractivity contribution in [3.63, 3.8) is 0 Å². The fourth-order valence-corrected chi connectivity index (χ4v) is 1.76. The summed E-state index contributed by atoms with van der Waals surface area (Å²) in [6, 6.07) is 0. The number of rotatable bonds is 6. The first-order chi connectivity index (χ1) is 7.99. The quantitative estimate of drug-likeness (QED) is 0.703. The Morgan fingerprint density at radius 3 is 2.88 bits per heavy atom. The SMILES string of the molecule is CC(CCC(=O)O)CNC(=O)c1csc(N)n1. The molecule has 0 aliphatic heterocycles. The lowest BCUT2D eigenvalue weighted by atomic mass is 10.1. The maximum absolute atomic E-state index is 11.6. The number of nitrogen functional groups attached to an aromatic ring is 1. The number of anilines is 1. The first-order valence-corrected chi connectivity index (χ1v) is 6.08. The van der Waals surface area contributed by atoms with Crippen molar-refractivity contribution in [3.05, 3.63) is 11.1 Å². The monoisotopic (exact) mass is 257 g/mol. The lowest BCUT2D eigenvalue weighted by molar-refractivity contribution is -0.137. The maximum atomic E-state index is 11.6. The van der Waals surface area contributed by atoms with Gasteiger partial charge >= 0.3 is 5.97 Å². The van der Waals surface area contributed by atoms with Crippen molar-refractivity contribution in [3.8, 4) is 0 Å². The zero-order valence-corrected chi connectivity index (χ0v) is 10.3. The van der Waals surface area contributed by atoms with Crippen LogP contribution in [0.25, 0.3) is 0 Å². The predicted molar refractivity (Wildman–Crippen MR) is 64.9 cm³/mol. The highest BCUT2D eigenvalue weighted by Crippen LogP contribution is 2.11. The van der Waals surface area contributed by atoms with Gasteiger partial charge in [0.15, 0.2) is 5.13 Å². The number of hydrogen-bond donors (Lipinski definition) is 3. The van der Waals surface area contributed by atoms with Gasteiger partial charge in [-0.05, 0) is 12.3 Å². The summed E-state index contributed by atoms with van der Waals surface area (Å²) in [6.07, 6.45) is 0.648. The van der Waals surface area contributed by atoms with Gasteiger partial charge < -0.3 is 16.2 Å². The largest absolute Gasteiger partial charge is 0.481 e. The van der Waals surface area contributed by atoms with Crippen molar-refractivity contribution in [2.75, 3.05) is 12.3 Å². The second-order valence-electron chi connectivity index (χ2n) is 3.82. The molecule has 0 bridgehead atoms. The number of nitrogens with two attached hydrogens (primary N) is 1. The van der Waals surface area contributed by atoms with Crippen LogP contribution >= 0.6 is 11.3 Å². The van der Waals surface area contributed by atoms with E-state index in [2.05, 4.69) is 10.3 Å². The highest BCUT2D eigenvalue weighted by Gasteiger charge is 2.11. The van der Waals surface area contributed by atoms with Crippen LogP contribution in [0, 0.1) is 5.92 Å². The van der Waals surface area contributed by atoms with Crippen molar-refractivity contribution in [1.29, 1.82) is 0 Å². The average Bonchev–Trinajstić information content (AvgIpc) is 2.70. The van der Waals surface area contributed by atoms with E-state index >= 15 is 0 Å². The van der Waals surface area contributed by atoms with Gasteiger partial charge in [-0.25, -0.2) is 4.98 Å². The second kappa shape index (κ2) is 6.19. The number of carboxylic acid groups (broad SMARTS) is 1. The normalized spacial score (nSPS) is 12.1. The average molecular weight is 257 g/mol. The molecule has 0 saturated heterocycles. The standard InChI is InChI=1S/C10H15N3O3S/c1-6(2-3-8(14)15)4-12-9(16)7-5-17-10(11)13-7/h5-6H,2-4H2,1H3,(H2,11,13)(H,12,16)(H,14,15). The molecule has 17 heavy (non-hydrogen) atoms. The minimum absolute atomic E-state index is 0.112. The van der Waals surface area contributed by atoms with Gasteiger partial charge in [-0.15, -0.1) is 11.3 Å². The molecule has 0 spiro atoms. The molecule has 1 aromatic rings. The summed E-state index contributed by atoms with van der Waals surface area (Å²) < 4.78 is 0. The molecule has 0 aliphatic rings. The van der Waals surface area contributed by atoms with Gasteiger partial charge in [-0.1, -0.05) is 6.92 Å². The van der Waals surface area contributed by atoms with Gasteiger partial charge in [0.25, 0.3) is 5.91 Å². The Morgan fingerprint density at radius 2 is 2.35 bits per heavy atom. The maximum Gasteiger partial charge on any atom is 0.303 e. The third-order valence-corrected chi connectivity index (χ3v) is 2.89. The summed E-state index contributed by atoms with van der Waals surface area (Å²) in [6.45, 7) is 2.32. The Morgan fingerprint density at radius 1 is 1.65 bits per heavy atom. The van der Waals surface area contributed by atoms with E-state index in [9.17, 15) is 9.59 Å². The summed E-state index contributed by atoms with van der Waals surface area (Å²) in [4.78, 5) is 25.8. The molecule has 94 valence electrons. The van der Waals surface area contributed by atoms with E-state index in [1.165, 1.54) is 11.3 Å². The van der Waals surface area contributed by atoms with Gasteiger partial charge in [-0.2, -0.15) is 0 Å². The zero-order chi connectivity index (χ0) is 12.8. The Hall–Kier alpha value is -1.63. The topological polar surface area (TPSA) is 105 Å². The fraction of sp³-hybridized carbons (Fsp3) is 0.500. The van der Waals surface area contributed by atoms with Crippen molar-refractivity contribution < 1.29 is 14.7 Å². The smallest absolute Gasteiger partial charge is 0.303 e. The molecule has 7 heteroatoms. The van der Waals surface area contributed by atoms with Crippen molar-refractivity contribution in [1.82, 2.24) is 10.3 Å². The van der Waals surface area contributed by atoms with Crippen LogP contribution in [0.4, 0.5) is 5.13 Å². The van der Waals surface area contributed by atoms with Crippen molar-refractivity contribution in [2.24, 2.45) is 5.92 Å². The lowest BCUT2D eigenvalue weighted by Gasteiger charge is -2.10. The summed E-state index contributed by atoms with van der Waals surface area (Å²) in [5.41, 5.74) is 5.72. The van der Waals surface area contributed by atoms with Crippen LogP contribution in [0.2, 0.25) is 0 Å². The number of aromatic nitrogens is 1. The van der Waals surface area contributed by atoms with Gasteiger partial charge in [0.2, 0.25) is 0 Å². The summed E-state index contributed by atoms with van der Waals surface area (Å²) in [5.74, 6) is -0.985. The van der Waals surface area contributed by atoms with Gasteiger partial charge in [0, 0.05) is 18.3 Å². The molecule has 0 saturated carbocycles. The molecule has 1 amide bonds. The minimum atomic E-state index is -0.824. The van der Waals surface area contributed by atoms with Gasteiger partial charge in [0.05, 0.1) is 0 Å². The number of carboxylic acids is 1. The predicted octanol–water partition coefficient (Wildman–Crippen LogP) is 0.956. The molecule has 1 atom stereocenters. The number of carbonyl (C=O) groups is 2. The van der Waals surface area contributed by atoms with E-state index in [0.717, 1.165) is 0 Å². The number of hydrogen-bond acceptors (Lipinski definition) is 5. The van der Waals surface area contributed by atoms with Crippen LogP contribution in [0.3, 0.4) is 0 Å². The summed E-state index contributed by atoms with van der Waals surface area (Å²) in [5, 5.41) is 13.1. The molecule has 1 unspecified atom stereocenters. The highest BCUT2D eigenvalue weighted by atomic mass is 32.1. The van der Waals surface area contributed by atoms with E-state index in [-0.39, 0.29) is 18.2 Å². The Balaban J connectivity index is 2.30. The molecule has 1 heterocycles. The van der Waals surface area contributed by atoms with Crippen LogP contribution in [0.1, 0.15) is 30.3 Å². The number of aliphatic carboxylic acids is 1. The molecule has 0 fully saturated rings. The molecule has 0 radical (unpaired) electrons. The van der Waals surface area contributed by atoms with Crippen molar-refractivity contribution >= 4 is 28.3 Å². The molecule has 6 nitrogen and oxygen atoms in total. The fourth-order valence-electron chi connectivity index (χ4n) is 1.22. The van der Waals surface area contributed by atoms with Gasteiger partial charge in [0.1, 0.15) is 5.69 Å². The number of nitrogens with one attached hydrogen (secondary N) is 1. The Labute approximate surface area is 103 Å². The van der Waals surface area contributed by atoms with E-state index in [1.807, 2.05) is 6.92 Å². The molecule has 4 N–H and O–H groups in total. The van der Waals surface area contributed by atoms with Crippen molar-refractivity contribution in [2.45, 2.75) is 19.8 Å². The van der Waals surface area contributed by atoms with Crippen LogP contribution in [0.15, 0.2) is 5.38 Å². The molecular weight excluding hydrogens is 242 g/mol. The first-order valence-electron chi connectivity index (χ1n) is 5.20. The minimum Gasteiger partial charge on any atom is -0.481 e. The third-order valence-electron chi connectivity index (χ3n) is 2.22. The Kier molecular flexibility index (Phi) is 4.89.